The van der Waals surface area contributed by atoms with Gasteiger partial charge in [0.25, 0.3) is 0 Å². The predicted molar refractivity (Wildman–Crippen MR) is 99.1 cm³/mol. The molecule has 0 N–H and O–H groups in total. The van der Waals surface area contributed by atoms with Gasteiger partial charge < -0.3 is 14.5 Å². The molecular weight excluding hydrogens is 316 g/mol. The summed E-state index contributed by atoms with van der Waals surface area (Å²) in [5.74, 6) is 0.00421. The third-order valence-electron chi connectivity index (χ3n) is 4.07. The van der Waals surface area contributed by atoms with Gasteiger partial charge in [0.2, 0.25) is 5.91 Å². The van der Waals surface area contributed by atoms with Crippen LogP contribution in [0.5, 0.6) is 0 Å². The van der Waals surface area contributed by atoms with Crippen LogP contribution in [0.1, 0.15) is 39.7 Å². The van der Waals surface area contributed by atoms with Crippen molar-refractivity contribution in [3.05, 3.63) is 42.0 Å². The highest BCUT2D eigenvalue weighted by molar-refractivity contribution is 5.95. The van der Waals surface area contributed by atoms with Gasteiger partial charge in [-0.1, -0.05) is 37.3 Å². The minimum absolute atomic E-state index is 0.00421. The van der Waals surface area contributed by atoms with Crippen molar-refractivity contribution in [2.45, 2.75) is 39.7 Å². The topological polar surface area (TPSA) is 49.9 Å². The zero-order valence-electron chi connectivity index (χ0n) is 15.6. The quantitative estimate of drug-likeness (QED) is 0.788. The summed E-state index contributed by atoms with van der Waals surface area (Å²) in [7, 11) is 0. The maximum atomic E-state index is 12.6. The molecule has 0 bridgehead atoms. The SMILES string of the molecule is CC/C(=C\C(=O)N1CCN(C(=O)OC(C)(C)C)CC1)c1ccccc1. The van der Waals surface area contributed by atoms with E-state index in [-0.39, 0.29) is 12.0 Å². The van der Waals surface area contributed by atoms with Crippen molar-refractivity contribution in [2.24, 2.45) is 0 Å². The van der Waals surface area contributed by atoms with Crippen LogP contribution in [0.15, 0.2) is 36.4 Å². The number of allylic oxidation sites excluding steroid dienone is 1. The summed E-state index contributed by atoms with van der Waals surface area (Å²) >= 11 is 0. The lowest BCUT2D eigenvalue weighted by atomic mass is 10.0. The molecule has 1 fully saturated rings. The van der Waals surface area contributed by atoms with Crippen molar-refractivity contribution in [1.29, 1.82) is 0 Å². The Morgan fingerprint density at radius 2 is 1.60 bits per heavy atom. The Bertz CT molecular complexity index is 624. The van der Waals surface area contributed by atoms with Gasteiger partial charge in [0.15, 0.2) is 0 Å². The van der Waals surface area contributed by atoms with E-state index < -0.39 is 5.60 Å². The third kappa shape index (κ3) is 5.62. The van der Waals surface area contributed by atoms with Gasteiger partial charge >= 0.3 is 6.09 Å². The lowest BCUT2D eigenvalue weighted by Crippen LogP contribution is -2.51. The smallest absolute Gasteiger partial charge is 0.410 e. The molecule has 1 aromatic rings. The highest BCUT2D eigenvalue weighted by atomic mass is 16.6. The van der Waals surface area contributed by atoms with E-state index >= 15 is 0 Å². The van der Waals surface area contributed by atoms with Crippen molar-refractivity contribution in [3.8, 4) is 0 Å². The molecule has 0 aliphatic carbocycles. The van der Waals surface area contributed by atoms with Crippen LogP contribution in [0.25, 0.3) is 5.57 Å². The van der Waals surface area contributed by atoms with Crippen LogP contribution < -0.4 is 0 Å². The molecule has 0 saturated carbocycles. The summed E-state index contributed by atoms with van der Waals surface area (Å²) in [6.45, 7) is 9.66. The van der Waals surface area contributed by atoms with E-state index in [0.29, 0.717) is 26.2 Å². The Kier molecular flexibility index (Phi) is 6.23. The van der Waals surface area contributed by atoms with Crippen molar-refractivity contribution in [3.63, 3.8) is 0 Å². The van der Waals surface area contributed by atoms with E-state index in [0.717, 1.165) is 17.6 Å². The summed E-state index contributed by atoms with van der Waals surface area (Å²) in [6, 6.07) is 9.95. The second kappa shape index (κ2) is 8.19. The first-order valence-corrected chi connectivity index (χ1v) is 8.83. The molecular formula is C20H28N2O3. The molecule has 0 unspecified atom stereocenters. The molecule has 5 heteroatoms. The lowest BCUT2D eigenvalue weighted by molar-refractivity contribution is -0.127. The van der Waals surface area contributed by atoms with Crippen molar-refractivity contribution >= 4 is 17.6 Å². The van der Waals surface area contributed by atoms with Gasteiger partial charge in [-0.25, -0.2) is 4.79 Å². The molecule has 5 nitrogen and oxygen atoms in total. The fourth-order valence-electron chi connectivity index (χ4n) is 2.72. The number of amides is 2. The first kappa shape index (κ1) is 19.0. The number of rotatable bonds is 3. The molecule has 1 aromatic carbocycles. The van der Waals surface area contributed by atoms with Crippen LogP contribution in [-0.4, -0.2) is 53.6 Å². The monoisotopic (exact) mass is 344 g/mol. The lowest BCUT2D eigenvalue weighted by Gasteiger charge is -2.35. The van der Waals surface area contributed by atoms with Gasteiger partial charge in [0, 0.05) is 32.3 Å². The number of carbonyl (C=O) groups excluding carboxylic acids is 2. The van der Waals surface area contributed by atoms with E-state index in [1.807, 2.05) is 58.0 Å². The predicted octanol–water partition coefficient (Wildman–Crippen LogP) is 3.56. The van der Waals surface area contributed by atoms with Gasteiger partial charge in [-0.3, -0.25) is 4.79 Å². The van der Waals surface area contributed by atoms with Gasteiger partial charge in [-0.2, -0.15) is 0 Å². The highest BCUT2D eigenvalue weighted by Crippen LogP contribution is 2.18. The number of hydrogen-bond acceptors (Lipinski definition) is 3. The van der Waals surface area contributed by atoms with E-state index in [2.05, 4.69) is 0 Å². The Morgan fingerprint density at radius 1 is 1.04 bits per heavy atom. The Labute approximate surface area is 150 Å². The Hall–Kier alpha value is -2.30. The molecule has 2 rings (SSSR count). The minimum Gasteiger partial charge on any atom is -0.444 e. The average Bonchev–Trinajstić information content (AvgIpc) is 2.59. The van der Waals surface area contributed by atoms with Gasteiger partial charge in [-0.05, 0) is 38.3 Å². The summed E-state index contributed by atoms with van der Waals surface area (Å²) < 4.78 is 5.38. The maximum Gasteiger partial charge on any atom is 0.410 e. The van der Waals surface area contributed by atoms with Crippen molar-refractivity contribution in [2.75, 3.05) is 26.2 Å². The fourth-order valence-corrected chi connectivity index (χ4v) is 2.72. The standard InChI is InChI=1S/C20H28N2O3/c1-5-16(17-9-7-6-8-10-17)15-18(23)21-11-13-22(14-12-21)19(24)25-20(2,3)4/h6-10,15H,5,11-14H2,1-4H3/b16-15+. The number of nitrogens with zero attached hydrogens (tertiary/aromatic N) is 2. The molecule has 2 amide bonds. The number of benzene rings is 1. The number of hydrogen-bond donors (Lipinski definition) is 0. The molecule has 1 aliphatic rings. The van der Waals surface area contributed by atoms with Crippen molar-refractivity contribution in [1.82, 2.24) is 9.80 Å². The second-order valence-corrected chi connectivity index (χ2v) is 7.18. The van der Waals surface area contributed by atoms with Crippen LogP contribution in [0.3, 0.4) is 0 Å². The zero-order chi connectivity index (χ0) is 18.4. The third-order valence-corrected chi connectivity index (χ3v) is 4.07. The molecule has 0 spiro atoms. The molecule has 1 saturated heterocycles. The van der Waals surface area contributed by atoms with Crippen LogP contribution in [0.2, 0.25) is 0 Å². The van der Waals surface area contributed by atoms with E-state index in [1.54, 1.807) is 15.9 Å². The second-order valence-electron chi connectivity index (χ2n) is 7.18. The summed E-state index contributed by atoms with van der Waals surface area (Å²) in [6.07, 6.45) is 2.21. The summed E-state index contributed by atoms with van der Waals surface area (Å²) in [4.78, 5) is 28.1. The summed E-state index contributed by atoms with van der Waals surface area (Å²) in [5, 5.41) is 0. The zero-order valence-corrected chi connectivity index (χ0v) is 15.6. The maximum absolute atomic E-state index is 12.6. The van der Waals surface area contributed by atoms with Crippen molar-refractivity contribution < 1.29 is 14.3 Å². The molecule has 0 atom stereocenters. The van der Waals surface area contributed by atoms with Crippen LogP contribution in [0, 0.1) is 0 Å². The van der Waals surface area contributed by atoms with E-state index in [4.69, 9.17) is 4.74 Å². The molecule has 25 heavy (non-hydrogen) atoms. The van der Waals surface area contributed by atoms with E-state index in [9.17, 15) is 9.59 Å². The number of ether oxygens (including phenoxy) is 1. The molecule has 0 radical (unpaired) electrons. The van der Waals surface area contributed by atoms with Crippen LogP contribution >= 0.6 is 0 Å². The molecule has 1 heterocycles. The number of carbonyl (C=O) groups is 2. The molecule has 0 aromatic heterocycles. The first-order valence-electron chi connectivity index (χ1n) is 8.83. The summed E-state index contributed by atoms with van der Waals surface area (Å²) in [5.41, 5.74) is 1.60. The Morgan fingerprint density at radius 3 is 2.12 bits per heavy atom. The fraction of sp³-hybridized carbons (Fsp3) is 0.500. The van der Waals surface area contributed by atoms with Crippen LogP contribution in [0.4, 0.5) is 4.79 Å². The molecule has 136 valence electrons. The van der Waals surface area contributed by atoms with Gasteiger partial charge in [-0.15, -0.1) is 0 Å². The van der Waals surface area contributed by atoms with Gasteiger partial charge in [0.05, 0.1) is 0 Å². The largest absolute Gasteiger partial charge is 0.444 e. The highest BCUT2D eigenvalue weighted by Gasteiger charge is 2.27. The van der Waals surface area contributed by atoms with Crippen LogP contribution in [-0.2, 0) is 9.53 Å². The van der Waals surface area contributed by atoms with Gasteiger partial charge in [0.1, 0.15) is 5.60 Å². The average molecular weight is 344 g/mol. The molecule has 1 aliphatic heterocycles. The minimum atomic E-state index is -0.502. The first-order chi connectivity index (χ1) is 11.8. The van der Waals surface area contributed by atoms with E-state index in [1.165, 1.54) is 0 Å². The Balaban J connectivity index is 1.95. The normalized spacial score (nSPS) is 15.9. The number of piperazine rings is 1.